The second-order valence-corrected chi connectivity index (χ2v) is 22.5. The third kappa shape index (κ3) is 6.35. The van der Waals surface area contributed by atoms with Crippen LogP contribution in [0.5, 0.6) is 0 Å². The van der Waals surface area contributed by atoms with E-state index in [4.69, 9.17) is 0 Å². The third-order valence-corrected chi connectivity index (χ3v) is 17.4. The van der Waals surface area contributed by atoms with Crippen LogP contribution in [0.15, 0.2) is 218 Å². The van der Waals surface area contributed by atoms with Crippen LogP contribution in [0.25, 0.3) is 0 Å². The molecule has 0 N–H and O–H groups in total. The lowest BCUT2D eigenvalue weighted by Gasteiger charge is -2.51. The molecule has 0 amide bonds. The third-order valence-electron chi connectivity index (χ3n) is 17.4. The minimum atomic E-state index is -0.0725. The van der Waals surface area contributed by atoms with Crippen LogP contribution in [-0.2, 0) is 0 Å². The van der Waals surface area contributed by atoms with Crippen molar-refractivity contribution in [2.24, 2.45) is 0 Å². The van der Waals surface area contributed by atoms with Crippen molar-refractivity contribution in [3.05, 3.63) is 235 Å². The Hall–Kier alpha value is -8.41. The first-order valence-corrected chi connectivity index (χ1v) is 27.5. The molecular weight excluding hydrogens is 917 g/mol. The van der Waals surface area contributed by atoms with Gasteiger partial charge >= 0.3 is 0 Å². The molecule has 0 saturated heterocycles. The van der Waals surface area contributed by atoms with Gasteiger partial charge in [0.05, 0.1) is 0 Å². The predicted octanol–water partition coefficient (Wildman–Crippen LogP) is 12.1. The average molecular weight is 975 g/mol. The van der Waals surface area contributed by atoms with Crippen LogP contribution in [0, 0.1) is 0 Å². The van der Waals surface area contributed by atoms with Gasteiger partial charge in [-0.1, -0.05) is 193 Å². The Morgan fingerprint density at radius 1 is 0.263 bits per heavy atom. The molecule has 0 saturated carbocycles. The molecule has 0 radical (unpaired) electrons. The molecule has 5 aliphatic heterocycles. The molecule has 362 valence electrons. The number of hydrogen-bond acceptors (Lipinski definition) is 4. The van der Waals surface area contributed by atoms with E-state index in [0.717, 1.165) is 17.1 Å². The summed E-state index contributed by atoms with van der Waals surface area (Å²) in [4.78, 5) is 10.4. The summed E-state index contributed by atoms with van der Waals surface area (Å²) >= 11 is 0. The van der Waals surface area contributed by atoms with E-state index in [0.29, 0.717) is 17.8 Å². The van der Waals surface area contributed by atoms with Crippen molar-refractivity contribution >= 4 is 138 Å². The molecule has 0 unspecified atom stereocenters. The van der Waals surface area contributed by atoms with Crippen LogP contribution in [0.3, 0.4) is 0 Å². The van der Waals surface area contributed by atoms with Crippen molar-refractivity contribution in [3.63, 3.8) is 0 Å². The van der Waals surface area contributed by atoms with Crippen LogP contribution in [0.4, 0.5) is 68.2 Å². The lowest BCUT2D eigenvalue weighted by Crippen LogP contribution is -2.69. The van der Waals surface area contributed by atoms with E-state index in [-0.39, 0.29) is 20.1 Å². The lowest BCUT2D eigenvalue weighted by atomic mass is 9.28. The van der Waals surface area contributed by atoms with Gasteiger partial charge in [0.2, 0.25) is 6.71 Å². The van der Waals surface area contributed by atoms with Crippen LogP contribution in [0.2, 0.25) is 0 Å². The number of hydrogen-bond donors (Lipinski definition) is 0. The quantitative estimate of drug-likeness (QED) is 0.148. The molecule has 0 spiro atoms. The highest BCUT2D eigenvalue weighted by Gasteiger charge is 2.52. The monoisotopic (exact) mass is 974 g/mol. The molecule has 15 rings (SSSR count). The molecule has 5 aliphatic rings. The van der Waals surface area contributed by atoms with Gasteiger partial charge < -0.3 is 19.6 Å². The fourth-order valence-corrected chi connectivity index (χ4v) is 14.2. The van der Waals surface area contributed by atoms with E-state index in [1.165, 1.54) is 117 Å². The maximum atomic E-state index is 2.69. The first-order valence-electron chi connectivity index (χ1n) is 27.5. The van der Waals surface area contributed by atoms with Crippen molar-refractivity contribution in [2.75, 3.05) is 19.6 Å². The first-order chi connectivity index (χ1) is 37.3. The van der Waals surface area contributed by atoms with Gasteiger partial charge in [0.15, 0.2) is 0 Å². The summed E-state index contributed by atoms with van der Waals surface area (Å²) in [5, 5.41) is 0. The van der Waals surface area contributed by atoms with Gasteiger partial charge in [-0.05, 0) is 151 Å². The lowest BCUT2D eigenvalue weighted by molar-refractivity contribution is 0.812. The van der Waals surface area contributed by atoms with Crippen LogP contribution in [0.1, 0.15) is 76.0 Å². The van der Waals surface area contributed by atoms with Crippen molar-refractivity contribution < 1.29 is 0 Å². The fourth-order valence-electron chi connectivity index (χ4n) is 14.2. The molecule has 7 heteroatoms. The SMILES string of the molecule is CC(C)c1cc(C(C)C)c(B2c3ccccc3N(c3ccccc3)c3cc4c(cc32)B2c3ccccc3N3c5ccccc5B5c6ccccc6N(c6ccccc6)c6cc(c2c3c65)N4c2ccccc2)c(C(C)C)c1. The predicted molar refractivity (Wildman–Crippen MR) is 328 cm³/mol. The smallest absolute Gasteiger partial charge is 0.252 e. The van der Waals surface area contributed by atoms with Crippen LogP contribution < -0.4 is 68.8 Å². The Kier molecular flexibility index (Phi) is 10.1. The number of benzene rings is 10. The zero-order valence-electron chi connectivity index (χ0n) is 44.0. The Morgan fingerprint density at radius 3 is 0.974 bits per heavy atom. The minimum absolute atomic E-state index is 0.0246. The normalized spacial score (nSPS) is 14.1. The van der Waals surface area contributed by atoms with E-state index >= 15 is 0 Å². The van der Waals surface area contributed by atoms with Crippen molar-refractivity contribution in [1.82, 2.24) is 0 Å². The summed E-state index contributed by atoms with van der Waals surface area (Å²) in [5.74, 6) is 1.05. The van der Waals surface area contributed by atoms with Gasteiger partial charge in [0, 0.05) is 68.2 Å². The summed E-state index contributed by atoms with van der Waals surface area (Å²) in [5.41, 5.74) is 31.1. The van der Waals surface area contributed by atoms with Gasteiger partial charge in [0.1, 0.15) is 0 Å². The Bertz CT molecular complexity index is 3950. The first kappa shape index (κ1) is 45.0. The number of anilines is 12. The van der Waals surface area contributed by atoms with Gasteiger partial charge in [0.25, 0.3) is 13.4 Å². The van der Waals surface area contributed by atoms with E-state index in [2.05, 4.69) is 280 Å². The highest BCUT2D eigenvalue weighted by atomic mass is 15.2. The fraction of sp³-hybridized carbons (Fsp3) is 0.130. The number of rotatable bonds is 7. The van der Waals surface area contributed by atoms with Crippen molar-refractivity contribution in [3.8, 4) is 0 Å². The van der Waals surface area contributed by atoms with Crippen LogP contribution in [-0.4, -0.2) is 20.1 Å². The number of nitrogens with zero attached hydrogens (tertiary/aromatic N) is 4. The average Bonchev–Trinajstić information content (AvgIpc) is 3.54. The molecule has 0 fully saturated rings. The van der Waals surface area contributed by atoms with Gasteiger partial charge in [-0.3, -0.25) is 0 Å². The minimum Gasteiger partial charge on any atom is -0.312 e. The van der Waals surface area contributed by atoms with Gasteiger partial charge in [-0.15, -0.1) is 0 Å². The summed E-state index contributed by atoms with van der Waals surface area (Å²) in [6.07, 6.45) is 0. The second-order valence-electron chi connectivity index (χ2n) is 22.5. The summed E-state index contributed by atoms with van der Waals surface area (Å²) in [7, 11) is 0. The highest BCUT2D eigenvalue weighted by molar-refractivity contribution is 7.05. The topological polar surface area (TPSA) is 13.0 Å². The summed E-state index contributed by atoms with van der Waals surface area (Å²) < 4.78 is 0. The van der Waals surface area contributed by atoms with E-state index in [9.17, 15) is 0 Å². The van der Waals surface area contributed by atoms with E-state index < -0.39 is 0 Å². The van der Waals surface area contributed by atoms with Gasteiger partial charge in [-0.2, -0.15) is 0 Å². The highest BCUT2D eigenvalue weighted by Crippen LogP contribution is 2.51. The van der Waals surface area contributed by atoms with E-state index in [1.54, 1.807) is 0 Å². The molecular formula is C69H57B3N4. The Balaban J connectivity index is 1.10. The maximum Gasteiger partial charge on any atom is 0.252 e. The Labute approximate surface area is 449 Å². The zero-order chi connectivity index (χ0) is 51.1. The molecule has 10 aromatic carbocycles. The summed E-state index contributed by atoms with van der Waals surface area (Å²) in [6.45, 7) is 14.2. The largest absolute Gasteiger partial charge is 0.312 e. The molecule has 4 nitrogen and oxygen atoms in total. The standard InChI is InChI=1S/C69H57B3N4/c1-43(2)46-38-50(44(3)4)66(51(39-46)45(5)6)71-53-31-17-20-34-58(53)73(47-24-10-7-11-25-47)62-41-63-57(40-56(62)71)72-55-33-19-23-37-61(55)76-60-36-22-18-32-54(60)70-52-30-16-21-35-59(52)74(48-26-12-8-13-27-48)64-42-65(68(72)69(76)67(64)70)75(63)49-28-14-9-15-29-49/h7-45H,1-6H3. The zero-order valence-corrected chi connectivity index (χ0v) is 44.0. The Morgan fingerprint density at radius 2 is 0.579 bits per heavy atom. The number of para-hydroxylation sites is 7. The number of fused-ring (bicyclic) bond motifs is 12. The maximum absolute atomic E-state index is 2.69. The molecule has 10 aromatic rings. The summed E-state index contributed by atoms with van der Waals surface area (Å²) in [6, 6.07) is 83.3. The second kappa shape index (κ2) is 17.1. The van der Waals surface area contributed by atoms with Crippen LogP contribution >= 0.6 is 0 Å². The van der Waals surface area contributed by atoms with Crippen molar-refractivity contribution in [2.45, 2.75) is 59.3 Å². The molecule has 0 atom stereocenters. The molecule has 76 heavy (non-hydrogen) atoms. The van der Waals surface area contributed by atoms with Gasteiger partial charge in [-0.25, -0.2) is 0 Å². The molecule has 0 bridgehead atoms. The van der Waals surface area contributed by atoms with Crippen molar-refractivity contribution in [1.29, 1.82) is 0 Å². The molecule has 0 aliphatic carbocycles. The molecule has 0 aromatic heterocycles. The van der Waals surface area contributed by atoms with E-state index in [1.807, 2.05) is 0 Å². The molecule has 5 heterocycles.